The number of pyridine rings is 1. The molecule has 2 aromatic heterocycles. The number of ether oxygens (including phenoxy) is 1. The summed E-state index contributed by atoms with van der Waals surface area (Å²) in [4.78, 5) is 17.2. The van der Waals surface area contributed by atoms with Crippen molar-refractivity contribution >= 4 is 28.5 Å². The average molecular weight is 496 g/mol. The van der Waals surface area contributed by atoms with E-state index in [1.165, 1.54) is 0 Å². The lowest BCUT2D eigenvalue weighted by atomic mass is 9.66. The number of H-pyrrole nitrogens is 1. The summed E-state index contributed by atoms with van der Waals surface area (Å²) in [7, 11) is 0. The number of carbonyl (C=O) groups excluding carboxylic acids is 1. The van der Waals surface area contributed by atoms with Crippen molar-refractivity contribution in [3.8, 4) is 0 Å². The molecule has 0 bridgehead atoms. The second-order valence-corrected chi connectivity index (χ2v) is 8.93. The van der Waals surface area contributed by atoms with Crippen molar-refractivity contribution in [2.24, 2.45) is 0 Å². The normalized spacial score (nSPS) is 11.5. The summed E-state index contributed by atoms with van der Waals surface area (Å²) < 4.78 is 5.17. The first kappa shape index (κ1) is 23.8. The van der Waals surface area contributed by atoms with Gasteiger partial charge in [0.1, 0.15) is 0 Å². The van der Waals surface area contributed by atoms with Crippen LogP contribution in [0.4, 0.5) is 0 Å². The van der Waals surface area contributed by atoms with Crippen LogP contribution in [0, 0.1) is 0 Å². The van der Waals surface area contributed by atoms with E-state index in [0.717, 1.165) is 39.0 Å². The predicted octanol–water partition coefficient (Wildman–Crippen LogP) is 6.49. The Labute approximate surface area is 215 Å². The fraction of sp³-hybridized carbons (Fsp3) is 0.167. The van der Waals surface area contributed by atoms with Gasteiger partial charge in [0, 0.05) is 28.7 Å². The molecule has 5 rings (SSSR count). The topological polar surface area (TPSA) is 67.9 Å². The summed E-state index contributed by atoms with van der Waals surface area (Å²) in [6.07, 6.45) is 2.48. The van der Waals surface area contributed by atoms with Crippen molar-refractivity contribution in [3.63, 3.8) is 0 Å². The summed E-state index contributed by atoms with van der Waals surface area (Å²) in [5, 5.41) is 9.26. The largest absolute Gasteiger partial charge is 0.466 e. The molecule has 2 heterocycles. The van der Waals surface area contributed by atoms with Gasteiger partial charge in [-0.1, -0.05) is 90.5 Å². The molecule has 0 amide bonds. The Bertz CT molecular complexity index is 1440. The zero-order valence-corrected chi connectivity index (χ0v) is 20.7. The number of nitrogens with zero attached hydrogens (tertiary/aromatic N) is 2. The molecule has 180 valence electrons. The van der Waals surface area contributed by atoms with Gasteiger partial charge in [-0.15, -0.1) is 0 Å². The Balaban J connectivity index is 1.86. The second kappa shape index (κ2) is 10.3. The lowest BCUT2D eigenvalue weighted by Gasteiger charge is -2.36. The number of fused-ring (bicyclic) bond motifs is 1. The van der Waals surface area contributed by atoms with Gasteiger partial charge in [0.2, 0.25) is 0 Å². The molecule has 0 saturated carbocycles. The van der Waals surface area contributed by atoms with Gasteiger partial charge in [-0.25, -0.2) is 0 Å². The molecule has 0 aliphatic carbocycles. The highest BCUT2D eigenvalue weighted by molar-refractivity contribution is 6.31. The summed E-state index contributed by atoms with van der Waals surface area (Å²) in [6, 6.07) is 30.3. The lowest BCUT2D eigenvalue weighted by molar-refractivity contribution is -0.143. The predicted molar refractivity (Wildman–Crippen MR) is 142 cm³/mol. The van der Waals surface area contributed by atoms with Gasteiger partial charge in [0.25, 0.3) is 0 Å². The number of benzene rings is 3. The highest BCUT2D eigenvalue weighted by Crippen LogP contribution is 2.48. The minimum atomic E-state index is -0.830. The molecule has 0 saturated heterocycles. The third-order valence-electron chi connectivity index (χ3n) is 6.47. The number of hydrogen-bond donors (Lipinski definition) is 1. The molecule has 36 heavy (non-hydrogen) atoms. The van der Waals surface area contributed by atoms with Crippen molar-refractivity contribution in [2.75, 3.05) is 6.61 Å². The average Bonchev–Trinajstić information content (AvgIpc) is 3.34. The number of halogens is 1. The van der Waals surface area contributed by atoms with Gasteiger partial charge in [0.15, 0.2) is 0 Å². The number of hydrogen-bond acceptors (Lipinski definition) is 4. The maximum Gasteiger partial charge on any atom is 0.306 e. The quantitative estimate of drug-likeness (QED) is 0.197. The number of aryl methyl sites for hydroxylation is 1. The van der Waals surface area contributed by atoms with Crippen LogP contribution in [0.25, 0.3) is 10.9 Å². The van der Waals surface area contributed by atoms with Crippen LogP contribution in [0.5, 0.6) is 0 Å². The van der Waals surface area contributed by atoms with Crippen LogP contribution in [0.1, 0.15) is 41.4 Å². The minimum absolute atomic E-state index is 0.242. The Morgan fingerprint density at radius 3 is 2.19 bits per heavy atom. The summed E-state index contributed by atoms with van der Waals surface area (Å²) in [6.45, 7) is 2.16. The number of aromatic nitrogens is 3. The van der Waals surface area contributed by atoms with E-state index in [2.05, 4.69) is 40.5 Å². The third-order valence-corrected chi connectivity index (χ3v) is 6.80. The Kier molecular flexibility index (Phi) is 6.83. The smallest absolute Gasteiger partial charge is 0.306 e. The van der Waals surface area contributed by atoms with Crippen molar-refractivity contribution in [3.05, 3.63) is 130 Å². The van der Waals surface area contributed by atoms with Crippen LogP contribution in [0.15, 0.2) is 97.2 Å². The molecule has 3 aromatic carbocycles. The van der Waals surface area contributed by atoms with E-state index >= 15 is 0 Å². The molecule has 5 aromatic rings. The first-order valence-corrected chi connectivity index (χ1v) is 12.4. The van der Waals surface area contributed by atoms with Crippen LogP contribution in [0.3, 0.4) is 0 Å². The van der Waals surface area contributed by atoms with E-state index < -0.39 is 5.41 Å². The highest BCUT2D eigenvalue weighted by atomic mass is 35.5. The number of esters is 1. The number of aromatic amines is 1. The van der Waals surface area contributed by atoms with Crippen LogP contribution in [0.2, 0.25) is 5.02 Å². The molecule has 0 fully saturated rings. The number of nitrogens with one attached hydrogen (secondary N) is 1. The summed E-state index contributed by atoms with van der Waals surface area (Å²) >= 11 is 6.95. The van der Waals surface area contributed by atoms with Crippen LogP contribution >= 0.6 is 11.6 Å². The van der Waals surface area contributed by atoms with Crippen molar-refractivity contribution in [1.29, 1.82) is 0 Å². The van der Waals surface area contributed by atoms with Gasteiger partial charge in [-0.2, -0.15) is 5.10 Å². The first-order chi connectivity index (χ1) is 17.7. The zero-order valence-electron chi connectivity index (χ0n) is 19.9. The molecular formula is C30H26ClN3O2. The first-order valence-electron chi connectivity index (χ1n) is 12.0. The molecule has 0 atom stereocenters. The van der Waals surface area contributed by atoms with E-state index in [4.69, 9.17) is 21.3 Å². The third kappa shape index (κ3) is 4.16. The van der Waals surface area contributed by atoms with E-state index in [-0.39, 0.29) is 12.4 Å². The molecular weight excluding hydrogens is 470 g/mol. The van der Waals surface area contributed by atoms with E-state index in [0.29, 0.717) is 18.1 Å². The van der Waals surface area contributed by atoms with E-state index in [1.54, 1.807) is 6.20 Å². The van der Waals surface area contributed by atoms with Crippen LogP contribution in [-0.4, -0.2) is 27.8 Å². The zero-order chi connectivity index (χ0) is 25.0. The maximum atomic E-state index is 12.2. The van der Waals surface area contributed by atoms with Crippen LogP contribution in [-0.2, 0) is 21.4 Å². The standard InChI is InChI=1S/C30H26ClN3O2/c1-2-36-27(35)18-17-25-28-26(34-33-25)19-20-32-29(28)30(21-11-5-3-6-12-21,22-13-7-4-8-14-22)23-15-9-10-16-24(23)31/h3-16,19-20H,2,17-18H2,1H3,(H,33,34). The fourth-order valence-electron chi connectivity index (χ4n) is 4.97. The lowest BCUT2D eigenvalue weighted by Crippen LogP contribution is -2.33. The monoisotopic (exact) mass is 495 g/mol. The van der Waals surface area contributed by atoms with E-state index in [9.17, 15) is 4.79 Å². The minimum Gasteiger partial charge on any atom is -0.466 e. The van der Waals surface area contributed by atoms with Crippen molar-refractivity contribution < 1.29 is 9.53 Å². The van der Waals surface area contributed by atoms with Gasteiger partial charge >= 0.3 is 5.97 Å². The Morgan fingerprint density at radius 1 is 0.917 bits per heavy atom. The van der Waals surface area contributed by atoms with E-state index in [1.807, 2.05) is 67.6 Å². The molecule has 5 nitrogen and oxygen atoms in total. The molecule has 6 heteroatoms. The molecule has 0 spiro atoms. The van der Waals surface area contributed by atoms with Gasteiger partial charge in [0.05, 0.1) is 29.7 Å². The molecule has 0 aliphatic rings. The molecule has 0 unspecified atom stereocenters. The van der Waals surface area contributed by atoms with Crippen LogP contribution < -0.4 is 0 Å². The summed E-state index contributed by atoms with van der Waals surface area (Å²) in [5.41, 5.74) is 4.57. The Morgan fingerprint density at radius 2 is 1.56 bits per heavy atom. The highest BCUT2D eigenvalue weighted by Gasteiger charge is 2.43. The molecule has 0 aliphatic heterocycles. The van der Waals surface area contributed by atoms with Gasteiger partial charge < -0.3 is 4.74 Å². The van der Waals surface area contributed by atoms with Gasteiger partial charge in [-0.05, 0) is 35.7 Å². The summed E-state index contributed by atoms with van der Waals surface area (Å²) in [5.74, 6) is -0.242. The SMILES string of the molecule is CCOC(=O)CCc1[nH]nc2ccnc(C(c3ccccc3)(c3ccccc3)c3ccccc3Cl)c12. The fourth-order valence-corrected chi connectivity index (χ4v) is 5.25. The van der Waals surface area contributed by atoms with Crippen molar-refractivity contribution in [2.45, 2.75) is 25.2 Å². The van der Waals surface area contributed by atoms with Gasteiger partial charge in [-0.3, -0.25) is 14.9 Å². The maximum absolute atomic E-state index is 12.2. The molecule has 1 N–H and O–H groups in total. The second-order valence-electron chi connectivity index (χ2n) is 8.52. The number of rotatable bonds is 8. The number of carbonyl (C=O) groups is 1. The Hall–Kier alpha value is -3.96. The van der Waals surface area contributed by atoms with Crippen molar-refractivity contribution in [1.82, 2.24) is 15.2 Å². The molecule has 0 radical (unpaired) electrons.